The van der Waals surface area contributed by atoms with Crippen LogP contribution >= 0.6 is 0 Å². The molecule has 0 fully saturated rings. The van der Waals surface area contributed by atoms with E-state index in [2.05, 4.69) is 50.1 Å². The molecule has 1 aromatic heterocycles. The van der Waals surface area contributed by atoms with Gasteiger partial charge in [-0.2, -0.15) is 0 Å². The Balaban J connectivity index is 2.17. The number of anilines is 1. The molecule has 102 valence electrons. The summed E-state index contributed by atoms with van der Waals surface area (Å²) in [6.45, 7) is 7.48. The molecule has 0 aliphatic heterocycles. The number of furan rings is 1. The summed E-state index contributed by atoms with van der Waals surface area (Å²) in [5.74, 6) is 1.88. The van der Waals surface area contributed by atoms with Gasteiger partial charge in [0.15, 0.2) is 0 Å². The van der Waals surface area contributed by atoms with E-state index in [0.29, 0.717) is 6.54 Å². The van der Waals surface area contributed by atoms with Crippen molar-refractivity contribution in [2.45, 2.75) is 33.9 Å². The largest absolute Gasteiger partial charge is 0.464 e. The molecule has 0 aliphatic carbocycles. The van der Waals surface area contributed by atoms with Crippen molar-refractivity contribution in [3.8, 4) is 0 Å². The van der Waals surface area contributed by atoms with E-state index >= 15 is 0 Å². The van der Waals surface area contributed by atoms with Crippen molar-refractivity contribution < 1.29 is 4.42 Å². The highest BCUT2D eigenvalue weighted by Crippen LogP contribution is 2.21. The van der Waals surface area contributed by atoms with Crippen LogP contribution in [0.25, 0.3) is 0 Å². The molecule has 0 aliphatic rings. The Bertz CT molecular complexity index is 552. The van der Waals surface area contributed by atoms with Crippen molar-refractivity contribution >= 4 is 5.69 Å². The minimum absolute atomic E-state index is 0.530. The quantitative estimate of drug-likeness (QED) is 0.915. The zero-order valence-corrected chi connectivity index (χ0v) is 12.2. The van der Waals surface area contributed by atoms with Crippen molar-refractivity contribution in [1.82, 2.24) is 0 Å². The predicted octanol–water partition coefficient (Wildman–Crippen LogP) is 3.30. The maximum Gasteiger partial charge on any atom is 0.123 e. The second-order valence-corrected chi connectivity index (χ2v) is 5.20. The fourth-order valence-electron chi connectivity index (χ4n) is 2.36. The van der Waals surface area contributed by atoms with Crippen LogP contribution in [-0.4, -0.2) is 7.05 Å². The van der Waals surface area contributed by atoms with Crippen LogP contribution in [0.5, 0.6) is 0 Å². The molecule has 2 aromatic rings. The molecular weight excluding hydrogens is 236 g/mol. The Morgan fingerprint density at radius 3 is 2.21 bits per heavy atom. The van der Waals surface area contributed by atoms with Gasteiger partial charge in [-0.25, -0.2) is 0 Å². The molecule has 3 nitrogen and oxygen atoms in total. The molecule has 0 amide bonds. The van der Waals surface area contributed by atoms with Gasteiger partial charge < -0.3 is 15.1 Å². The molecule has 1 heterocycles. The monoisotopic (exact) mass is 258 g/mol. The second-order valence-electron chi connectivity index (χ2n) is 5.20. The molecule has 2 rings (SSSR count). The lowest BCUT2D eigenvalue weighted by atomic mass is 10.1. The summed E-state index contributed by atoms with van der Waals surface area (Å²) in [4.78, 5) is 2.19. The first-order chi connectivity index (χ1) is 8.99. The Hall–Kier alpha value is -1.74. The smallest absolute Gasteiger partial charge is 0.123 e. The Morgan fingerprint density at radius 2 is 1.68 bits per heavy atom. The molecule has 0 spiro atoms. The first kappa shape index (κ1) is 13.7. The highest BCUT2D eigenvalue weighted by molar-refractivity contribution is 5.50. The molecule has 2 N–H and O–H groups in total. The van der Waals surface area contributed by atoms with Gasteiger partial charge in [0, 0.05) is 24.8 Å². The van der Waals surface area contributed by atoms with Gasteiger partial charge in [0.2, 0.25) is 0 Å². The molecular formula is C16H22N2O. The molecule has 3 heteroatoms. The summed E-state index contributed by atoms with van der Waals surface area (Å²) >= 11 is 0. The number of hydrogen-bond acceptors (Lipinski definition) is 3. The lowest BCUT2D eigenvalue weighted by molar-refractivity contribution is 0.479. The number of nitrogens with two attached hydrogens (primary N) is 1. The third kappa shape index (κ3) is 3.18. The van der Waals surface area contributed by atoms with E-state index < -0.39 is 0 Å². The maximum atomic E-state index is 5.74. The van der Waals surface area contributed by atoms with E-state index in [4.69, 9.17) is 10.2 Å². The second kappa shape index (κ2) is 5.49. The number of aryl methyl sites for hydroxylation is 3. The lowest BCUT2D eigenvalue weighted by Gasteiger charge is -2.19. The topological polar surface area (TPSA) is 42.4 Å². The highest BCUT2D eigenvalue weighted by Gasteiger charge is 2.09. The van der Waals surface area contributed by atoms with Crippen molar-refractivity contribution in [2.24, 2.45) is 5.73 Å². The van der Waals surface area contributed by atoms with Crippen molar-refractivity contribution in [1.29, 1.82) is 0 Å². The zero-order valence-electron chi connectivity index (χ0n) is 12.2. The molecule has 0 saturated heterocycles. The Kier molecular flexibility index (Phi) is 3.96. The van der Waals surface area contributed by atoms with E-state index in [0.717, 1.165) is 23.6 Å². The summed E-state index contributed by atoms with van der Waals surface area (Å²) in [5, 5.41) is 0. The van der Waals surface area contributed by atoms with Crippen LogP contribution in [0.2, 0.25) is 0 Å². The average molecular weight is 258 g/mol. The summed E-state index contributed by atoms with van der Waals surface area (Å²) in [6, 6.07) is 8.61. The molecule has 1 aromatic carbocycles. The van der Waals surface area contributed by atoms with Crippen LogP contribution in [0.4, 0.5) is 5.69 Å². The van der Waals surface area contributed by atoms with E-state index in [1.54, 1.807) is 0 Å². The number of rotatable bonds is 4. The molecule has 0 bridgehead atoms. The number of benzene rings is 1. The Labute approximate surface area is 115 Å². The van der Waals surface area contributed by atoms with Crippen LogP contribution in [0.3, 0.4) is 0 Å². The van der Waals surface area contributed by atoms with Gasteiger partial charge in [0.25, 0.3) is 0 Å². The van der Waals surface area contributed by atoms with E-state index in [1.807, 2.05) is 6.92 Å². The maximum absolute atomic E-state index is 5.74. The van der Waals surface area contributed by atoms with Crippen molar-refractivity contribution in [3.63, 3.8) is 0 Å². The van der Waals surface area contributed by atoms with E-state index in [9.17, 15) is 0 Å². The van der Waals surface area contributed by atoms with Gasteiger partial charge in [-0.15, -0.1) is 0 Å². The first-order valence-corrected chi connectivity index (χ1v) is 6.57. The first-order valence-electron chi connectivity index (χ1n) is 6.57. The highest BCUT2D eigenvalue weighted by atomic mass is 16.3. The Morgan fingerprint density at radius 1 is 1.05 bits per heavy atom. The van der Waals surface area contributed by atoms with E-state index in [-0.39, 0.29) is 0 Å². The molecule has 0 atom stereocenters. The molecule has 0 unspecified atom stereocenters. The summed E-state index contributed by atoms with van der Waals surface area (Å²) in [7, 11) is 2.08. The fraction of sp³-hybridized carbons (Fsp3) is 0.375. The number of nitrogens with zero attached hydrogens (tertiary/aromatic N) is 1. The van der Waals surface area contributed by atoms with Crippen LogP contribution < -0.4 is 10.6 Å². The fourth-order valence-corrected chi connectivity index (χ4v) is 2.36. The zero-order chi connectivity index (χ0) is 14.0. The SMILES string of the molecule is Cc1cc(C)cc(N(C)Cc2cc(CN)c(C)o2)c1. The van der Waals surface area contributed by atoms with Crippen LogP contribution in [0.15, 0.2) is 28.7 Å². The molecule has 0 radical (unpaired) electrons. The van der Waals surface area contributed by atoms with Crippen molar-refractivity contribution in [2.75, 3.05) is 11.9 Å². The van der Waals surface area contributed by atoms with Crippen molar-refractivity contribution in [3.05, 3.63) is 52.5 Å². The van der Waals surface area contributed by atoms with Gasteiger partial charge in [0.1, 0.15) is 11.5 Å². The predicted molar refractivity (Wildman–Crippen MR) is 79.4 cm³/mol. The van der Waals surface area contributed by atoms with Gasteiger partial charge in [-0.1, -0.05) is 6.07 Å². The van der Waals surface area contributed by atoms with Crippen LogP contribution in [0.1, 0.15) is 28.2 Å². The average Bonchev–Trinajstić information content (AvgIpc) is 2.68. The third-order valence-corrected chi connectivity index (χ3v) is 3.33. The summed E-state index contributed by atoms with van der Waals surface area (Å²) in [5.41, 5.74) is 10.5. The standard InChI is InChI=1S/C16H22N2O/c1-11-5-12(2)7-15(6-11)18(4)10-16-8-14(9-17)13(3)19-16/h5-8H,9-10,17H2,1-4H3. The van der Waals surface area contributed by atoms with Gasteiger partial charge in [-0.3, -0.25) is 0 Å². The number of hydrogen-bond donors (Lipinski definition) is 1. The van der Waals surface area contributed by atoms with Crippen LogP contribution in [0, 0.1) is 20.8 Å². The van der Waals surface area contributed by atoms with Gasteiger partial charge >= 0.3 is 0 Å². The molecule has 19 heavy (non-hydrogen) atoms. The van der Waals surface area contributed by atoms with Crippen LogP contribution in [-0.2, 0) is 13.1 Å². The normalized spacial score (nSPS) is 10.8. The van der Waals surface area contributed by atoms with E-state index in [1.165, 1.54) is 16.8 Å². The van der Waals surface area contributed by atoms with Gasteiger partial charge in [0.05, 0.1) is 6.54 Å². The van der Waals surface area contributed by atoms with Gasteiger partial charge in [-0.05, 0) is 50.1 Å². The minimum Gasteiger partial charge on any atom is -0.464 e. The minimum atomic E-state index is 0.530. The summed E-state index contributed by atoms with van der Waals surface area (Å²) in [6.07, 6.45) is 0. The third-order valence-electron chi connectivity index (χ3n) is 3.33. The summed E-state index contributed by atoms with van der Waals surface area (Å²) < 4.78 is 5.74. The lowest BCUT2D eigenvalue weighted by Crippen LogP contribution is -2.16. The molecule has 0 saturated carbocycles.